The second-order valence-corrected chi connectivity index (χ2v) is 4.93. The van der Waals surface area contributed by atoms with Crippen LogP contribution in [0.3, 0.4) is 0 Å². The monoisotopic (exact) mass is 184 g/mol. The highest BCUT2D eigenvalue weighted by Gasteiger charge is 2.19. The molecule has 1 heteroatoms. The van der Waals surface area contributed by atoms with Crippen molar-refractivity contribution in [2.24, 2.45) is 5.92 Å². The largest absolute Gasteiger partial charge is 0.375 e. The minimum Gasteiger partial charge on any atom is -0.375 e. The van der Waals surface area contributed by atoms with Gasteiger partial charge in [-0.1, -0.05) is 26.2 Å². The Bertz CT molecular complexity index is 134. The lowest BCUT2D eigenvalue weighted by Crippen LogP contribution is -2.27. The van der Waals surface area contributed by atoms with E-state index in [0.717, 1.165) is 18.9 Å². The molecule has 0 atom stereocenters. The molecule has 0 saturated heterocycles. The molecule has 0 aromatic heterocycles. The van der Waals surface area contributed by atoms with Crippen LogP contribution >= 0.6 is 0 Å². The molecule has 1 nitrogen and oxygen atoms in total. The fourth-order valence-corrected chi connectivity index (χ4v) is 1.80. The molecule has 0 unspecified atom stereocenters. The van der Waals surface area contributed by atoms with Crippen molar-refractivity contribution in [1.82, 2.24) is 0 Å². The molecule has 0 aromatic rings. The molecular weight excluding hydrogens is 160 g/mol. The summed E-state index contributed by atoms with van der Waals surface area (Å²) in [7, 11) is 0. The fraction of sp³-hybridized carbons (Fsp3) is 1.00. The third-order valence-corrected chi connectivity index (χ3v) is 3.29. The molecule has 0 heterocycles. The topological polar surface area (TPSA) is 9.23 Å². The van der Waals surface area contributed by atoms with Gasteiger partial charge >= 0.3 is 0 Å². The molecule has 1 rings (SSSR count). The quantitative estimate of drug-likeness (QED) is 0.646. The van der Waals surface area contributed by atoms with Gasteiger partial charge in [-0.2, -0.15) is 0 Å². The predicted octanol–water partition coefficient (Wildman–Crippen LogP) is 3.77. The van der Waals surface area contributed by atoms with E-state index in [0.29, 0.717) is 0 Å². The highest BCUT2D eigenvalue weighted by atomic mass is 16.5. The Morgan fingerprint density at radius 2 is 1.77 bits per heavy atom. The van der Waals surface area contributed by atoms with E-state index in [1.54, 1.807) is 0 Å². The molecule has 0 radical (unpaired) electrons. The molecule has 0 aromatic carbocycles. The van der Waals surface area contributed by atoms with Crippen molar-refractivity contribution >= 4 is 0 Å². The minimum atomic E-state index is 0.0947. The second kappa shape index (κ2) is 4.99. The first kappa shape index (κ1) is 11.0. The number of ether oxygens (including phenoxy) is 1. The van der Waals surface area contributed by atoms with E-state index in [1.165, 1.54) is 32.1 Å². The summed E-state index contributed by atoms with van der Waals surface area (Å²) < 4.78 is 5.92. The van der Waals surface area contributed by atoms with E-state index in [2.05, 4.69) is 20.8 Å². The molecule has 1 saturated carbocycles. The summed E-state index contributed by atoms with van der Waals surface area (Å²) >= 11 is 0. The van der Waals surface area contributed by atoms with Crippen LogP contribution in [-0.4, -0.2) is 12.2 Å². The average molecular weight is 184 g/mol. The van der Waals surface area contributed by atoms with E-state index < -0.39 is 0 Å². The molecule has 0 N–H and O–H groups in total. The smallest absolute Gasteiger partial charge is 0.0624 e. The van der Waals surface area contributed by atoms with Crippen LogP contribution in [0.5, 0.6) is 0 Å². The van der Waals surface area contributed by atoms with Crippen LogP contribution in [0, 0.1) is 5.92 Å². The first-order chi connectivity index (χ1) is 6.14. The maximum atomic E-state index is 5.92. The average Bonchev–Trinajstić information content (AvgIpc) is 2.17. The Balaban J connectivity index is 2.17. The molecule has 0 aliphatic heterocycles. The first-order valence-corrected chi connectivity index (χ1v) is 5.78. The Morgan fingerprint density at radius 3 is 2.31 bits per heavy atom. The third kappa shape index (κ3) is 4.12. The lowest BCUT2D eigenvalue weighted by atomic mass is 9.90. The molecule has 1 aliphatic rings. The highest BCUT2D eigenvalue weighted by Crippen LogP contribution is 2.25. The highest BCUT2D eigenvalue weighted by molar-refractivity contribution is 4.69. The molecule has 0 spiro atoms. The van der Waals surface area contributed by atoms with Crippen molar-refractivity contribution < 1.29 is 4.74 Å². The summed E-state index contributed by atoms with van der Waals surface area (Å²) in [6.45, 7) is 7.56. The lowest BCUT2D eigenvalue weighted by Gasteiger charge is -2.28. The number of hydrogen-bond acceptors (Lipinski definition) is 1. The summed E-state index contributed by atoms with van der Waals surface area (Å²) in [5.41, 5.74) is 0.0947. The van der Waals surface area contributed by atoms with Gasteiger partial charge in [-0.15, -0.1) is 0 Å². The summed E-state index contributed by atoms with van der Waals surface area (Å²) in [4.78, 5) is 0. The van der Waals surface area contributed by atoms with Crippen LogP contribution in [-0.2, 0) is 4.74 Å². The zero-order valence-electron chi connectivity index (χ0n) is 9.44. The summed E-state index contributed by atoms with van der Waals surface area (Å²) in [6, 6.07) is 0. The standard InChI is InChI=1S/C12H24O/c1-4-12(2,3)13-10-11-8-6-5-7-9-11/h11H,4-10H2,1-3H3. The van der Waals surface area contributed by atoms with Crippen LogP contribution in [0.25, 0.3) is 0 Å². The number of rotatable bonds is 4. The van der Waals surface area contributed by atoms with Crippen molar-refractivity contribution in [2.75, 3.05) is 6.61 Å². The van der Waals surface area contributed by atoms with E-state index in [9.17, 15) is 0 Å². The molecule has 0 bridgehead atoms. The van der Waals surface area contributed by atoms with Gasteiger partial charge in [0, 0.05) is 0 Å². The summed E-state index contributed by atoms with van der Waals surface area (Å²) in [6.07, 6.45) is 8.16. The van der Waals surface area contributed by atoms with Crippen LogP contribution in [0.2, 0.25) is 0 Å². The number of hydrogen-bond donors (Lipinski definition) is 0. The van der Waals surface area contributed by atoms with Gasteiger partial charge < -0.3 is 4.74 Å². The van der Waals surface area contributed by atoms with Gasteiger partial charge in [-0.3, -0.25) is 0 Å². The first-order valence-electron chi connectivity index (χ1n) is 5.78. The van der Waals surface area contributed by atoms with Gasteiger partial charge in [-0.05, 0) is 39.0 Å². The van der Waals surface area contributed by atoms with Gasteiger partial charge in [0.2, 0.25) is 0 Å². The Kier molecular flexibility index (Phi) is 4.24. The van der Waals surface area contributed by atoms with Crippen molar-refractivity contribution in [3.05, 3.63) is 0 Å². The van der Waals surface area contributed by atoms with E-state index in [-0.39, 0.29) is 5.60 Å². The van der Waals surface area contributed by atoms with E-state index in [1.807, 2.05) is 0 Å². The van der Waals surface area contributed by atoms with Crippen LogP contribution in [0.15, 0.2) is 0 Å². The third-order valence-electron chi connectivity index (χ3n) is 3.29. The van der Waals surface area contributed by atoms with Gasteiger partial charge in [0.15, 0.2) is 0 Å². The minimum absolute atomic E-state index is 0.0947. The molecule has 1 aliphatic carbocycles. The Hall–Kier alpha value is -0.0400. The molecular formula is C12H24O. The lowest BCUT2D eigenvalue weighted by molar-refractivity contribution is -0.0425. The molecule has 78 valence electrons. The zero-order valence-corrected chi connectivity index (χ0v) is 9.44. The van der Waals surface area contributed by atoms with E-state index in [4.69, 9.17) is 4.74 Å². The maximum absolute atomic E-state index is 5.92. The summed E-state index contributed by atoms with van der Waals surface area (Å²) in [5, 5.41) is 0. The molecule has 0 amide bonds. The molecule has 13 heavy (non-hydrogen) atoms. The second-order valence-electron chi connectivity index (χ2n) is 4.93. The van der Waals surface area contributed by atoms with Crippen molar-refractivity contribution in [3.8, 4) is 0 Å². The predicted molar refractivity (Wildman–Crippen MR) is 56.9 cm³/mol. The van der Waals surface area contributed by atoms with Crippen LogP contribution in [0.4, 0.5) is 0 Å². The van der Waals surface area contributed by atoms with Crippen LogP contribution in [0.1, 0.15) is 59.3 Å². The molecule has 1 fully saturated rings. The van der Waals surface area contributed by atoms with E-state index >= 15 is 0 Å². The van der Waals surface area contributed by atoms with Gasteiger partial charge in [-0.25, -0.2) is 0 Å². The SMILES string of the molecule is CCC(C)(C)OCC1CCCCC1. The van der Waals surface area contributed by atoms with Gasteiger partial charge in [0.25, 0.3) is 0 Å². The van der Waals surface area contributed by atoms with Gasteiger partial charge in [0.05, 0.1) is 12.2 Å². The normalized spacial score (nSPS) is 20.5. The van der Waals surface area contributed by atoms with Crippen molar-refractivity contribution in [2.45, 2.75) is 64.9 Å². The fourth-order valence-electron chi connectivity index (χ4n) is 1.80. The zero-order chi connectivity index (χ0) is 9.73. The summed E-state index contributed by atoms with van der Waals surface area (Å²) in [5.74, 6) is 0.847. The van der Waals surface area contributed by atoms with Crippen molar-refractivity contribution in [1.29, 1.82) is 0 Å². The maximum Gasteiger partial charge on any atom is 0.0624 e. The van der Waals surface area contributed by atoms with Crippen LogP contribution < -0.4 is 0 Å². The Labute approximate surface area is 82.9 Å². The van der Waals surface area contributed by atoms with Crippen molar-refractivity contribution in [3.63, 3.8) is 0 Å². The Morgan fingerprint density at radius 1 is 1.15 bits per heavy atom. The van der Waals surface area contributed by atoms with Gasteiger partial charge in [0.1, 0.15) is 0 Å².